The number of rotatable bonds is 2. The van der Waals surface area contributed by atoms with Gasteiger partial charge in [-0.15, -0.1) is 0 Å². The zero-order valence-corrected chi connectivity index (χ0v) is 14.6. The quantitative estimate of drug-likeness (QED) is 0.556. The first kappa shape index (κ1) is 14.5. The fraction of sp³-hybridized carbons (Fsp3) is 0.263. The topological polar surface area (TPSA) is 33.5 Å². The number of benzene rings is 1. The molecule has 1 aliphatic heterocycles. The Hall–Kier alpha value is -1.85. The Balaban J connectivity index is 1.49. The molecule has 1 saturated carbocycles. The molecule has 1 unspecified atom stereocenters. The standard InChI is InChI=1S/C19H15NO2S2/c21-18-17(10-14-9-13-3-1-2-4-16(13)22-14)24-19(23)20(18)15-8-11-5-6-12(15)7-11/h1-4,9-11H,5-8H2/b17-10-. The van der Waals surface area contributed by atoms with Gasteiger partial charge < -0.3 is 4.42 Å². The molecule has 2 bridgehead atoms. The Morgan fingerprint density at radius 1 is 1.29 bits per heavy atom. The van der Waals surface area contributed by atoms with E-state index in [1.807, 2.05) is 36.4 Å². The van der Waals surface area contributed by atoms with Crippen molar-refractivity contribution in [3.8, 4) is 0 Å². The Morgan fingerprint density at radius 2 is 2.17 bits per heavy atom. The van der Waals surface area contributed by atoms with E-state index in [0.29, 0.717) is 15.0 Å². The fourth-order valence-corrected chi connectivity index (χ4v) is 5.23. The van der Waals surface area contributed by atoms with Gasteiger partial charge in [0.05, 0.1) is 4.91 Å². The average molecular weight is 353 g/mol. The summed E-state index contributed by atoms with van der Waals surface area (Å²) in [5.74, 6) is 1.42. The predicted octanol–water partition coefficient (Wildman–Crippen LogP) is 5.09. The van der Waals surface area contributed by atoms with Crippen LogP contribution in [0.4, 0.5) is 0 Å². The van der Waals surface area contributed by atoms with E-state index >= 15 is 0 Å². The molecule has 1 aromatic heterocycles. The van der Waals surface area contributed by atoms with Gasteiger partial charge in [-0.3, -0.25) is 9.69 Å². The maximum Gasteiger partial charge on any atom is 0.270 e. The van der Waals surface area contributed by atoms with Gasteiger partial charge in [0.1, 0.15) is 11.3 Å². The molecule has 1 aromatic carbocycles. The highest BCUT2D eigenvalue weighted by molar-refractivity contribution is 8.26. The lowest BCUT2D eigenvalue weighted by Crippen LogP contribution is -2.28. The van der Waals surface area contributed by atoms with Crippen molar-refractivity contribution in [1.29, 1.82) is 0 Å². The SMILES string of the molecule is O=C1/C(=C/c2cc3ccccc3o2)SC(=S)N1C1=C2CCC(C2)C1. The van der Waals surface area contributed by atoms with E-state index in [4.69, 9.17) is 16.6 Å². The van der Waals surface area contributed by atoms with Gasteiger partial charge in [-0.1, -0.05) is 42.2 Å². The number of carbonyl (C=O) groups excluding carboxylic acids is 1. The molecule has 2 heterocycles. The van der Waals surface area contributed by atoms with E-state index in [0.717, 1.165) is 36.1 Å². The molecule has 2 aromatic rings. The van der Waals surface area contributed by atoms with Gasteiger partial charge in [0.15, 0.2) is 4.32 Å². The van der Waals surface area contributed by atoms with Crippen molar-refractivity contribution in [2.75, 3.05) is 0 Å². The van der Waals surface area contributed by atoms with E-state index < -0.39 is 0 Å². The molecular formula is C19H15NO2S2. The summed E-state index contributed by atoms with van der Waals surface area (Å²) in [6.45, 7) is 0. The van der Waals surface area contributed by atoms with Gasteiger partial charge in [-0.05, 0) is 49.3 Å². The lowest BCUT2D eigenvalue weighted by molar-refractivity contribution is -0.121. The van der Waals surface area contributed by atoms with Crippen LogP contribution in [0.1, 0.15) is 31.4 Å². The zero-order chi connectivity index (χ0) is 16.3. The summed E-state index contributed by atoms with van der Waals surface area (Å²) in [6, 6.07) is 9.81. The van der Waals surface area contributed by atoms with Crippen molar-refractivity contribution in [3.63, 3.8) is 0 Å². The molecule has 0 spiro atoms. The first-order valence-corrected chi connectivity index (χ1v) is 9.39. The van der Waals surface area contributed by atoms with Crippen LogP contribution in [-0.4, -0.2) is 15.1 Å². The molecule has 3 aliphatic rings. The number of hydrogen-bond donors (Lipinski definition) is 0. The molecule has 24 heavy (non-hydrogen) atoms. The number of fused-ring (bicyclic) bond motifs is 3. The Kier molecular flexibility index (Phi) is 3.22. The van der Waals surface area contributed by atoms with Crippen LogP contribution in [0.25, 0.3) is 17.0 Å². The maximum atomic E-state index is 12.9. The highest BCUT2D eigenvalue weighted by Crippen LogP contribution is 2.48. The summed E-state index contributed by atoms with van der Waals surface area (Å²) < 4.78 is 6.46. The van der Waals surface area contributed by atoms with Crippen molar-refractivity contribution in [2.24, 2.45) is 5.92 Å². The van der Waals surface area contributed by atoms with Gasteiger partial charge in [-0.2, -0.15) is 0 Å². The van der Waals surface area contributed by atoms with Crippen LogP contribution < -0.4 is 0 Å². The van der Waals surface area contributed by atoms with E-state index in [-0.39, 0.29) is 5.91 Å². The van der Waals surface area contributed by atoms with Gasteiger partial charge in [0.2, 0.25) is 0 Å². The second kappa shape index (κ2) is 5.33. The normalized spacial score (nSPS) is 25.1. The lowest BCUT2D eigenvalue weighted by Gasteiger charge is -2.21. The number of allylic oxidation sites excluding steroid dienone is 2. The molecule has 2 aliphatic carbocycles. The van der Waals surface area contributed by atoms with Gasteiger partial charge in [0, 0.05) is 17.2 Å². The smallest absolute Gasteiger partial charge is 0.270 e. The number of furan rings is 1. The van der Waals surface area contributed by atoms with Crippen LogP contribution in [0.5, 0.6) is 0 Å². The molecule has 1 saturated heterocycles. The third-order valence-electron chi connectivity index (χ3n) is 5.06. The number of nitrogens with zero attached hydrogens (tertiary/aromatic N) is 1. The van der Waals surface area contributed by atoms with Gasteiger partial charge in [0.25, 0.3) is 5.91 Å². The van der Waals surface area contributed by atoms with Crippen molar-refractivity contribution in [3.05, 3.63) is 52.3 Å². The van der Waals surface area contributed by atoms with Gasteiger partial charge in [-0.25, -0.2) is 0 Å². The Bertz CT molecular complexity index is 920. The number of hydrogen-bond acceptors (Lipinski definition) is 4. The molecule has 5 rings (SSSR count). The molecule has 120 valence electrons. The molecular weight excluding hydrogens is 338 g/mol. The van der Waals surface area contributed by atoms with Crippen LogP contribution in [-0.2, 0) is 4.79 Å². The second-order valence-corrected chi connectivity index (χ2v) is 8.24. The molecule has 0 N–H and O–H groups in total. The van der Waals surface area contributed by atoms with Crippen LogP contribution in [0.15, 0.2) is 50.9 Å². The zero-order valence-electron chi connectivity index (χ0n) is 13.0. The first-order chi connectivity index (χ1) is 11.7. The Labute approximate surface area is 149 Å². The third kappa shape index (κ3) is 2.19. The first-order valence-electron chi connectivity index (χ1n) is 8.16. The number of amides is 1. The largest absolute Gasteiger partial charge is 0.457 e. The minimum absolute atomic E-state index is 0.000469. The van der Waals surface area contributed by atoms with E-state index in [2.05, 4.69) is 0 Å². The number of thioether (sulfide) groups is 1. The van der Waals surface area contributed by atoms with Crippen molar-refractivity contribution in [2.45, 2.75) is 25.7 Å². The number of carbonyl (C=O) groups is 1. The fourth-order valence-electron chi connectivity index (χ4n) is 3.94. The number of thiocarbonyl (C=S) groups is 1. The number of para-hydroxylation sites is 1. The average Bonchev–Trinajstić information content (AvgIpc) is 3.31. The van der Waals surface area contributed by atoms with Crippen LogP contribution in [0, 0.1) is 5.92 Å². The van der Waals surface area contributed by atoms with Gasteiger partial charge >= 0.3 is 0 Å². The Morgan fingerprint density at radius 3 is 2.92 bits per heavy atom. The minimum Gasteiger partial charge on any atom is -0.457 e. The molecule has 5 heteroatoms. The third-order valence-corrected chi connectivity index (χ3v) is 6.36. The molecule has 1 atom stereocenters. The van der Waals surface area contributed by atoms with Crippen LogP contribution >= 0.6 is 24.0 Å². The molecule has 2 fully saturated rings. The summed E-state index contributed by atoms with van der Waals surface area (Å²) in [4.78, 5) is 15.3. The lowest BCUT2D eigenvalue weighted by atomic mass is 10.0. The van der Waals surface area contributed by atoms with Crippen LogP contribution in [0.3, 0.4) is 0 Å². The highest BCUT2D eigenvalue weighted by Gasteiger charge is 2.41. The molecule has 3 nitrogen and oxygen atoms in total. The van der Waals surface area contributed by atoms with Crippen molar-refractivity contribution in [1.82, 2.24) is 4.90 Å². The predicted molar refractivity (Wildman–Crippen MR) is 100 cm³/mol. The van der Waals surface area contributed by atoms with Crippen molar-refractivity contribution < 1.29 is 9.21 Å². The highest BCUT2D eigenvalue weighted by atomic mass is 32.2. The monoisotopic (exact) mass is 353 g/mol. The summed E-state index contributed by atoms with van der Waals surface area (Å²) in [7, 11) is 0. The summed E-state index contributed by atoms with van der Waals surface area (Å²) in [6.07, 6.45) is 6.36. The van der Waals surface area contributed by atoms with E-state index in [1.165, 1.54) is 29.5 Å². The summed E-state index contributed by atoms with van der Waals surface area (Å²) in [5, 5.41) is 1.04. The van der Waals surface area contributed by atoms with Crippen LogP contribution in [0.2, 0.25) is 0 Å². The summed E-state index contributed by atoms with van der Waals surface area (Å²) in [5.41, 5.74) is 3.43. The summed E-state index contributed by atoms with van der Waals surface area (Å²) >= 11 is 6.87. The van der Waals surface area contributed by atoms with E-state index in [9.17, 15) is 4.79 Å². The molecule has 0 radical (unpaired) electrons. The van der Waals surface area contributed by atoms with E-state index in [1.54, 1.807) is 4.90 Å². The minimum atomic E-state index is 0.000469. The molecule has 1 amide bonds. The second-order valence-electron chi connectivity index (χ2n) is 6.57. The maximum absolute atomic E-state index is 12.9. The van der Waals surface area contributed by atoms with Crippen molar-refractivity contribution >= 4 is 51.3 Å².